The molecule has 0 saturated carbocycles. The van der Waals surface area contributed by atoms with Crippen molar-refractivity contribution in [3.63, 3.8) is 0 Å². The number of hydrogen-bond acceptors (Lipinski definition) is 5. The fourth-order valence-electron chi connectivity index (χ4n) is 2.99. The van der Waals surface area contributed by atoms with E-state index in [9.17, 15) is 4.79 Å². The number of para-hydroxylation sites is 1. The molecule has 3 N–H and O–H groups in total. The number of benzene rings is 1. The fourth-order valence-corrected chi connectivity index (χ4v) is 2.99. The number of hydrogen-bond donors (Lipinski definition) is 3. The van der Waals surface area contributed by atoms with Gasteiger partial charge in [-0.1, -0.05) is 18.2 Å². The van der Waals surface area contributed by atoms with Crippen LogP contribution < -0.4 is 10.6 Å². The molecule has 0 spiro atoms. The zero-order valence-electron chi connectivity index (χ0n) is 15.2. The summed E-state index contributed by atoms with van der Waals surface area (Å²) in [4.78, 5) is 28.1. The number of anilines is 1. The number of amides is 1. The molecule has 0 aliphatic carbocycles. The van der Waals surface area contributed by atoms with Gasteiger partial charge >= 0.3 is 0 Å². The molecule has 3 heterocycles. The first kappa shape index (κ1) is 17.7. The number of rotatable bonds is 7. The topological polar surface area (TPSA) is 95.6 Å². The number of aromatic amines is 1. The van der Waals surface area contributed by atoms with Crippen LogP contribution in [0.2, 0.25) is 0 Å². The van der Waals surface area contributed by atoms with Crippen LogP contribution in [0.25, 0.3) is 10.9 Å². The number of fused-ring (bicyclic) bond motifs is 1. The SMILES string of the molecule is O=C(NCCc1c[nH]c2ccccc12)c1ccnc(NCc2ccncc2)n1. The average molecular weight is 372 g/mol. The minimum Gasteiger partial charge on any atom is -0.361 e. The number of carbonyl (C=O) groups excluding carboxylic acids is 1. The fraction of sp³-hybridized carbons (Fsp3) is 0.143. The van der Waals surface area contributed by atoms with Gasteiger partial charge in [0.2, 0.25) is 5.95 Å². The Morgan fingerprint density at radius 1 is 1.04 bits per heavy atom. The van der Waals surface area contributed by atoms with E-state index in [1.807, 2.05) is 36.5 Å². The maximum absolute atomic E-state index is 12.4. The van der Waals surface area contributed by atoms with Crippen LogP contribution in [0.3, 0.4) is 0 Å². The predicted octanol–water partition coefficient (Wildman–Crippen LogP) is 2.94. The van der Waals surface area contributed by atoms with E-state index in [1.165, 1.54) is 10.9 Å². The van der Waals surface area contributed by atoms with Crippen LogP contribution in [0.15, 0.2) is 67.3 Å². The summed E-state index contributed by atoms with van der Waals surface area (Å²) in [6, 6.07) is 13.6. The van der Waals surface area contributed by atoms with Gasteiger partial charge in [-0.15, -0.1) is 0 Å². The third kappa shape index (κ3) is 4.15. The van der Waals surface area contributed by atoms with E-state index < -0.39 is 0 Å². The molecule has 7 heteroatoms. The molecule has 4 aromatic rings. The number of aromatic nitrogens is 4. The molecule has 140 valence electrons. The molecule has 28 heavy (non-hydrogen) atoms. The van der Waals surface area contributed by atoms with Gasteiger partial charge in [0, 0.05) is 48.8 Å². The van der Waals surface area contributed by atoms with Gasteiger partial charge in [0.25, 0.3) is 5.91 Å². The highest BCUT2D eigenvalue weighted by atomic mass is 16.1. The highest BCUT2D eigenvalue weighted by molar-refractivity contribution is 5.92. The van der Waals surface area contributed by atoms with Gasteiger partial charge in [-0.25, -0.2) is 9.97 Å². The molecule has 0 radical (unpaired) electrons. The lowest BCUT2D eigenvalue weighted by Gasteiger charge is -2.07. The summed E-state index contributed by atoms with van der Waals surface area (Å²) in [5.41, 5.74) is 3.68. The van der Waals surface area contributed by atoms with Crippen molar-refractivity contribution in [3.05, 3.63) is 84.1 Å². The second-order valence-electron chi connectivity index (χ2n) is 6.34. The Bertz CT molecular complexity index is 1080. The summed E-state index contributed by atoms with van der Waals surface area (Å²) >= 11 is 0. The second kappa shape index (κ2) is 8.30. The predicted molar refractivity (Wildman–Crippen MR) is 108 cm³/mol. The van der Waals surface area contributed by atoms with Crippen LogP contribution in [0.4, 0.5) is 5.95 Å². The maximum atomic E-state index is 12.4. The molecule has 7 nitrogen and oxygen atoms in total. The van der Waals surface area contributed by atoms with Crippen molar-refractivity contribution in [2.45, 2.75) is 13.0 Å². The van der Waals surface area contributed by atoms with E-state index in [2.05, 4.69) is 36.6 Å². The molecule has 0 bridgehead atoms. The highest BCUT2D eigenvalue weighted by Gasteiger charge is 2.09. The Morgan fingerprint density at radius 2 is 1.89 bits per heavy atom. The first-order valence-electron chi connectivity index (χ1n) is 9.08. The van der Waals surface area contributed by atoms with Crippen LogP contribution in [0.5, 0.6) is 0 Å². The summed E-state index contributed by atoms with van der Waals surface area (Å²) < 4.78 is 0. The van der Waals surface area contributed by atoms with Crippen molar-refractivity contribution < 1.29 is 4.79 Å². The van der Waals surface area contributed by atoms with Gasteiger partial charge in [0.1, 0.15) is 5.69 Å². The largest absolute Gasteiger partial charge is 0.361 e. The first-order valence-corrected chi connectivity index (χ1v) is 9.08. The lowest BCUT2D eigenvalue weighted by atomic mass is 10.1. The molecule has 0 saturated heterocycles. The van der Waals surface area contributed by atoms with Crippen LogP contribution >= 0.6 is 0 Å². The summed E-state index contributed by atoms with van der Waals surface area (Å²) in [7, 11) is 0. The second-order valence-corrected chi connectivity index (χ2v) is 6.34. The Kier molecular flexibility index (Phi) is 5.24. The van der Waals surface area contributed by atoms with E-state index in [1.54, 1.807) is 24.7 Å². The Morgan fingerprint density at radius 3 is 2.79 bits per heavy atom. The number of pyridine rings is 1. The number of nitrogens with zero attached hydrogens (tertiary/aromatic N) is 3. The highest BCUT2D eigenvalue weighted by Crippen LogP contribution is 2.17. The van der Waals surface area contributed by atoms with Crippen LogP contribution in [-0.4, -0.2) is 32.4 Å². The van der Waals surface area contributed by atoms with E-state index in [-0.39, 0.29) is 5.91 Å². The first-order chi connectivity index (χ1) is 13.8. The molecule has 1 aromatic carbocycles. The Labute approximate surface area is 162 Å². The third-order valence-corrected chi connectivity index (χ3v) is 4.44. The molecular formula is C21H20N6O. The van der Waals surface area contributed by atoms with Crippen molar-refractivity contribution in [1.82, 2.24) is 25.3 Å². The van der Waals surface area contributed by atoms with Crippen molar-refractivity contribution in [2.75, 3.05) is 11.9 Å². The minimum atomic E-state index is -0.214. The van der Waals surface area contributed by atoms with E-state index >= 15 is 0 Å². The normalized spacial score (nSPS) is 10.7. The Balaban J connectivity index is 1.33. The van der Waals surface area contributed by atoms with Crippen LogP contribution in [0, 0.1) is 0 Å². The van der Waals surface area contributed by atoms with E-state index in [0.29, 0.717) is 24.7 Å². The summed E-state index contributed by atoms with van der Waals surface area (Å²) in [5, 5.41) is 7.23. The molecule has 0 atom stereocenters. The lowest BCUT2D eigenvalue weighted by Crippen LogP contribution is -2.26. The molecule has 3 aromatic heterocycles. The molecule has 4 rings (SSSR count). The average Bonchev–Trinajstić information content (AvgIpc) is 3.16. The van der Waals surface area contributed by atoms with Crippen molar-refractivity contribution in [1.29, 1.82) is 0 Å². The zero-order valence-corrected chi connectivity index (χ0v) is 15.2. The van der Waals surface area contributed by atoms with Crippen LogP contribution in [0.1, 0.15) is 21.6 Å². The smallest absolute Gasteiger partial charge is 0.270 e. The standard InChI is InChI=1S/C21H20N6O/c28-20(23-11-7-16-14-25-18-4-2-1-3-17(16)18)19-8-12-24-21(27-19)26-13-15-5-9-22-10-6-15/h1-6,8-10,12,14,25H,7,11,13H2,(H,23,28)(H,24,26,27). The van der Waals surface area contributed by atoms with Gasteiger partial charge in [0.05, 0.1) is 0 Å². The van der Waals surface area contributed by atoms with Gasteiger partial charge in [0.15, 0.2) is 0 Å². The Hall–Kier alpha value is -3.74. The molecule has 0 aliphatic rings. The lowest BCUT2D eigenvalue weighted by molar-refractivity contribution is 0.0949. The summed E-state index contributed by atoms with van der Waals surface area (Å²) in [6.07, 6.45) is 7.78. The van der Waals surface area contributed by atoms with Gasteiger partial charge in [-0.3, -0.25) is 9.78 Å². The van der Waals surface area contributed by atoms with E-state index in [4.69, 9.17) is 0 Å². The quantitative estimate of drug-likeness (QED) is 0.464. The number of H-pyrrole nitrogens is 1. The molecule has 0 aliphatic heterocycles. The van der Waals surface area contributed by atoms with Gasteiger partial charge in [-0.2, -0.15) is 0 Å². The van der Waals surface area contributed by atoms with Gasteiger partial charge in [-0.05, 0) is 41.8 Å². The van der Waals surface area contributed by atoms with Crippen molar-refractivity contribution in [3.8, 4) is 0 Å². The zero-order chi connectivity index (χ0) is 19.2. The molecule has 0 fully saturated rings. The monoisotopic (exact) mass is 372 g/mol. The van der Waals surface area contributed by atoms with Crippen molar-refractivity contribution >= 4 is 22.8 Å². The maximum Gasteiger partial charge on any atom is 0.270 e. The molecule has 1 amide bonds. The van der Waals surface area contributed by atoms with E-state index in [0.717, 1.165) is 17.5 Å². The minimum absolute atomic E-state index is 0.214. The molecule has 0 unspecified atom stereocenters. The summed E-state index contributed by atoms with van der Waals surface area (Å²) in [6.45, 7) is 1.10. The summed E-state index contributed by atoms with van der Waals surface area (Å²) in [5.74, 6) is 0.204. The van der Waals surface area contributed by atoms with Gasteiger partial charge < -0.3 is 15.6 Å². The third-order valence-electron chi connectivity index (χ3n) is 4.44. The van der Waals surface area contributed by atoms with Crippen molar-refractivity contribution in [2.24, 2.45) is 0 Å². The van der Waals surface area contributed by atoms with Crippen LogP contribution in [-0.2, 0) is 13.0 Å². The number of nitrogens with one attached hydrogen (secondary N) is 3. The molecular weight excluding hydrogens is 352 g/mol. The number of carbonyl (C=O) groups is 1.